The number of ether oxygens (including phenoxy) is 1. The lowest BCUT2D eigenvalue weighted by Gasteiger charge is -2.30. The Morgan fingerprint density at radius 2 is 1.70 bits per heavy atom. The Balaban J connectivity index is 2.12. The Hall–Kier alpha value is -0.860. The highest BCUT2D eigenvalue weighted by molar-refractivity contribution is 5.36. The first-order chi connectivity index (χ1) is 9.34. The molecule has 0 aromatic heterocycles. The van der Waals surface area contributed by atoms with Crippen molar-refractivity contribution >= 4 is 0 Å². The lowest BCUT2D eigenvalue weighted by molar-refractivity contribution is -0.0211. The fraction of sp³-hybridized carbons (Fsp3) is 0.667. The maximum absolute atomic E-state index is 10.8. The van der Waals surface area contributed by atoms with Crippen LogP contribution in [0.5, 0.6) is 0 Å². The number of hydrogen-bond acceptors (Lipinski definition) is 2. The summed E-state index contributed by atoms with van der Waals surface area (Å²) in [6.45, 7) is 6.05. The largest absolute Gasteiger partial charge is 0.385 e. The van der Waals surface area contributed by atoms with Crippen molar-refractivity contribution in [1.29, 1.82) is 0 Å². The molecular weight excluding hydrogens is 248 g/mol. The normalized spacial score (nSPS) is 18.4. The van der Waals surface area contributed by atoms with E-state index in [2.05, 4.69) is 32.0 Å². The molecule has 0 spiro atoms. The van der Waals surface area contributed by atoms with Crippen molar-refractivity contribution in [2.75, 3.05) is 7.11 Å². The number of rotatable bonds is 5. The Morgan fingerprint density at radius 3 is 2.35 bits per heavy atom. The number of benzene rings is 1. The quantitative estimate of drug-likeness (QED) is 0.881. The monoisotopic (exact) mass is 276 g/mol. The van der Waals surface area contributed by atoms with Crippen LogP contribution in [0.4, 0.5) is 0 Å². The number of methoxy groups -OCH3 is 1. The SMILES string of the molecule is COC(C)(C)CCC(C)(O)c1ccc2c(c1)CCCC2. The van der Waals surface area contributed by atoms with Crippen LogP contribution in [0.15, 0.2) is 18.2 Å². The lowest BCUT2D eigenvalue weighted by atomic mass is 9.83. The maximum atomic E-state index is 10.8. The summed E-state index contributed by atoms with van der Waals surface area (Å²) in [6, 6.07) is 6.53. The van der Waals surface area contributed by atoms with E-state index in [4.69, 9.17) is 4.74 Å². The van der Waals surface area contributed by atoms with Gasteiger partial charge in [-0.1, -0.05) is 18.2 Å². The topological polar surface area (TPSA) is 29.5 Å². The van der Waals surface area contributed by atoms with Crippen LogP contribution in [0.25, 0.3) is 0 Å². The van der Waals surface area contributed by atoms with Crippen LogP contribution in [0.2, 0.25) is 0 Å². The molecule has 1 aromatic carbocycles. The van der Waals surface area contributed by atoms with Gasteiger partial charge in [0.05, 0.1) is 11.2 Å². The van der Waals surface area contributed by atoms with Crippen molar-refractivity contribution in [3.8, 4) is 0 Å². The molecular formula is C18H28O2. The highest BCUT2D eigenvalue weighted by Crippen LogP contribution is 2.32. The molecule has 2 rings (SSSR count). The van der Waals surface area contributed by atoms with Crippen molar-refractivity contribution in [2.45, 2.75) is 70.5 Å². The minimum Gasteiger partial charge on any atom is -0.385 e. The van der Waals surface area contributed by atoms with Gasteiger partial charge in [-0.3, -0.25) is 0 Å². The summed E-state index contributed by atoms with van der Waals surface area (Å²) in [5.41, 5.74) is 2.98. The molecule has 1 aliphatic carbocycles. The zero-order valence-electron chi connectivity index (χ0n) is 13.3. The van der Waals surface area contributed by atoms with Gasteiger partial charge in [0.25, 0.3) is 0 Å². The molecule has 1 unspecified atom stereocenters. The van der Waals surface area contributed by atoms with Crippen molar-refractivity contribution < 1.29 is 9.84 Å². The van der Waals surface area contributed by atoms with Crippen LogP contribution in [-0.2, 0) is 23.2 Å². The molecule has 20 heavy (non-hydrogen) atoms. The zero-order valence-corrected chi connectivity index (χ0v) is 13.3. The smallest absolute Gasteiger partial charge is 0.0869 e. The minimum atomic E-state index is -0.776. The second-order valence-corrected chi connectivity index (χ2v) is 6.93. The van der Waals surface area contributed by atoms with Gasteiger partial charge in [-0.05, 0) is 76.0 Å². The summed E-state index contributed by atoms with van der Waals surface area (Å²) in [4.78, 5) is 0. The molecule has 2 heteroatoms. The molecule has 1 aliphatic rings. The molecule has 0 amide bonds. The third kappa shape index (κ3) is 3.62. The average molecular weight is 276 g/mol. The average Bonchev–Trinajstić information content (AvgIpc) is 2.45. The molecule has 0 saturated carbocycles. The van der Waals surface area contributed by atoms with Gasteiger partial charge >= 0.3 is 0 Å². The van der Waals surface area contributed by atoms with E-state index in [0.29, 0.717) is 6.42 Å². The summed E-state index contributed by atoms with van der Waals surface area (Å²) >= 11 is 0. The number of aliphatic hydroxyl groups is 1. The summed E-state index contributed by atoms with van der Waals surface area (Å²) in [5, 5.41) is 10.8. The van der Waals surface area contributed by atoms with E-state index in [1.54, 1.807) is 7.11 Å². The predicted octanol–water partition coefficient (Wildman–Crippen LogP) is 3.98. The maximum Gasteiger partial charge on any atom is 0.0869 e. The number of hydrogen-bond donors (Lipinski definition) is 1. The van der Waals surface area contributed by atoms with Gasteiger partial charge in [-0.25, -0.2) is 0 Å². The van der Waals surface area contributed by atoms with Gasteiger partial charge in [-0.2, -0.15) is 0 Å². The van der Waals surface area contributed by atoms with E-state index in [0.717, 1.165) is 18.4 Å². The molecule has 1 atom stereocenters. The Bertz CT molecular complexity index is 460. The van der Waals surface area contributed by atoms with Crippen molar-refractivity contribution in [3.63, 3.8) is 0 Å². The van der Waals surface area contributed by atoms with Gasteiger partial charge in [0.2, 0.25) is 0 Å². The molecule has 0 fully saturated rings. The zero-order chi connectivity index (χ0) is 14.8. The molecule has 0 bridgehead atoms. The van der Waals surface area contributed by atoms with Gasteiger partial charge in [-0.15, -0.1) is 0 Å². The van der Waals surface area contributed by atoms with E-state index in [9.17, 15) is 5.11 Å². The van der Waals surface area contributed by atoms with Crippen molar-refractivity contribution in [2.24, 2.45) is 0 Å². The fourth-order valence-corrected chi connectivity index (χ4v) is 2.86. The standard InChI is InChI=1S/C18H28O2/c1-17(2,20-4)11-12-18(3,19)16-10-9-14-7-5-6-8-15(14)13-16/h9-10,13,19H,5-8,11-12H2,1-4H3. The van der Waals surface area contributed by atoms with Crippen LogP contribution in [0.3, 0.4) is 0 Å². The van der Waals surface area contributed by atoms with E-state index in [1.807, 2.05) is 6.92 Å². The highest BCUT2D eigenvalue weighted by atomic mass is 16.5. The second kappa shape index (κ2) is 5.87. The highest BCUT2D eigenvalue weighted by Gasteiger charge is 2.28. The van der Waals surface area contributed by atoms with Gasteiger partial charge in [0.15, 0.2) is 0 Å². The fourth-order valence-electron chi connectivity index (χ4n) is 2.86. The molecule has 1 N–H and O–H groups in total. The third-order valence-corrected chi connectivity index (χ3v) is 4.74. The number of fused-ring (bicyclic) bond motifs is 1. The molecule has 112 valence electrons. The van der Waals surface area contributed by atoms with E-state index >= 15 is 0 Å². The predicted molar refractivity (Wildman–Crippen MR) is 83.0 cm³/mol. The van der Waals surface area contributed by atoms with Crippen LogP contribution in [0.1, 0.15) is 63.1 Å². The van der Waals surface area contributed by atoms with E-state index < -0.39 is 5.60 Å². The lowest BCUT2D eigenvalue weighted by Crippen LogP contribution is -2.29. The van der Waals surface area contributed by atoms with Crippen LogP contribution < -0.4 is 0 Å². The van der Waals surface area contributed by atoms with Crippen molar-refractivity contribution in [1.82, 2.24) is 0 Å². The Kier molecular flexibility index (Phi) is 4.55. The van der Waals surface area contributed by atoms with Crippen LogP contribution >= 0.6 is 0 Å². The summed E-state index contributed by atoms with van der Waals surface area (Å²) < 4.78 is 5.45. The molecule has 2 nitrogen and oxygen atoms in total. The summed E-state index contributed by atoms with van der Waals surface area (Å²) in [7, 11) is 1.73. The van der Waals surface area contributed by atoms with Gasteiger partial charge < -0.3 is 9.84 Å². The first-order valence-electron chi connectivity index (χ1n) is 7.74. The van der Waals surface area contributed by atoms with Crippen LogP contribution in [0, 0.1) is 0 Å². The van der Waals surface area contributed by atoms with E-state index in [-0.39, 0.29) is 5.60 Å². The Morgan fingerprint density at radius 1 is 1.05 bits per heavy atom. The summed E-state index contributed by atoms with van der Waals surface area (Å²) in [5.74, 6) is 0. The van der Waals surface area contributed by atoms with Crippen LogP contribution in [-0.4, -0.2) is 17.8 Å². The van der Waals surface area contributed by atoms with Crippen molar-refractivity contribution in [3.05, 3.63) is 34.9 Å². The third-order valence-electron chi connectivity index (χ3n) is 4.74. The minimum absolute atomic E-state index is 0.182. The Labute approximate surface area is 123 Å². The summed E-state index contributed by atoms with van der Waals surface area (Å²) in [6.07, 6.45) is 6.47. The molecule has 0 heterocycles. The van der Waals surface area contributed by atoms with E-state index in [1.165, 1.54) is 30.4 Å². The van der Waals surface area contributed by atoms with Gasteiger partial charge in [0.1, 0.15) is 0 Å². The molecule has 1 aromatic rings. The molecule has 0 aliphatic heterocycles. The molecule has 0 radical (unpaired) electrons. The van der Waals surface area contributed by atoms with Gasteiger partial charge in [0, 0.05) is 7.11 Å². The first kappa shape index (κ1) is 15.5. The molecule has 0 saturated heterocycles. The first-order valence-corrected chi connectivity index (χ1v) is 7.74. The second-order valence-electron chi connectivity index (χ2n) is 6.93. The number of aryl methyl sites for hydroxylation is 2.